The monoisotopic (exact) mass is 245 g/mol. The fourth-order valence-electron chi connectivity index (χ4n) is 0.962. The van der Waals surface area contributed by atoms with Crippen molar-refractivity contribution in [1.29, 1.82) is 0 Å². The minimum Gasteiger partial charge on any atom is -0.323 e. The lowest BCUT2D eigenvalue weighted by Crippen LogP contribution is -2.06. The van der Waals surface area contributed by atoms with Crippen LogP contribution in [-0.4, -0.2) is 0 Å². The van der Waals surface area contributed by atoms with Crippen LogP contribution in [0.5, 0.6) is 0 Å². The van der Waals surface area contributed by atoms with E-state index in [-0.39, 0.29) is 6.04 Å². The summed E-state index contributed by atoms with van der Waals surface area (Å²) < 4.78 is 1.18. The molecule has 1 nitrogen and oxygen atoms in total. The molecule has 12 heavy (non-hydrogen) atoms. The third kappa shape index (κ3) is 2.19. The largest absolute Gasteiger partial charge is 0.323 e. The lowest BCUT2D eigenvalue weighted by atomic mass is 10.2. The molecule has 0 aromatic carbocycles. The van der Waals surface area contributed by atoms with Crippen molar-refractivity contribution in [2.24, 2.45) is 5.73 Å². The summed E-state index contributed by atoms with van der Waals surface area (Å²) in [4.78, 5) is 1.22. The Morgan fingerprint density at radius 3 is 2.92 bits per heavy atom. The van der Waals surface area contributed by atoms with E-state index in [0.29, 0.717) is 0 Å². The molecule has 1 aromatic rings. The van der Waals surface area contributed by atoms with E-state index < -0.39 is 0 Å². The second-order valence-corrected chi connectivity index (χ2v) is 5.14. The van der Waals surface area contributed by atoms with Crippen LogP contribution in [-0.2, 0) is 0 Å². The molecule has 1 unspecified atom stereocenters. The normalized spacial score (nSPS) is 12.9. The van der Waals surface area contributed by atoms with Crippen LogP contribution in [0.2, 0.25) is 0 Å². The first-order valence-electron chi connectivity index (χ1n) is 3.77. The molecule has 0 aliphatic heterocycles. The van der Waals surface area contributed by atoms with Crippen molar-refractivity contribution in [3.05, 3.63) is 32.9 Å². The molecule has 0 aliphatic rings. The molecule has 1 heterocycles. The Morgan fingerprint density at radius 2 is 2.50 bits per heavy atom. The van der Waals surface area contributed by atoms with Crippen LogP contribution in [0.25, 0.3) is 0 Å². The van der Waals surface area contributed by atoms with Crippen molar-refractivity contribution in [2.45, 2.75) is 19.4 Å². The Morgan fingerprint density at radius 1 is 1.83 bits per heavy atom. The highest BCUT2D eigenvalue weighted by molar-refractivity contribution is 9.11. The van der Waals surface area contributed by atoms with Gasteiger partial charge in [0.25, 0.3) is 0 Å². The van der Waals surface area contributed by atoms with E-state index in [1.807, 2.05) is 6.08 Å². The van der Waals surface area contributed by atoms with Crippen LogP contribution in [0.15, 0.2) is 22.5 Å². The van der Waals surface area contributed by atoms with Crippen LogP contribution in [0.4, 0.5) is 0 Å². The van der Waals surface area contributed by atoms with Gasteiger partial charge in [-0.15, -0.1) is 17.9 Å². The number of hydrogen-bond acceptors (Lipinski definition) is 2. The van der Waals surface area contributed by atoms with Gasteiger partial charge in [-0.3, -0.25) is 0 Å². The molecular formula is C9H12BrNS. The third-order valence-corrected chi connectivity index (χ3v) is 3.93. The Labute approximate surface area is 85.4 Å². The van der Waals surface area contributed by atoms with Gasteiger partial charge in [0.05, 0.1) is 3.79 Å². The molecule has 2 N–H and O–H groups in total. The van der Waals surface area contributed by atoms with Gasteiger partial charge in [0.2, 0.25) is 0 Å². The topological polar surface area (TPSA) is 26.0 Å². The maximum absolute atomic E-state index is 5.91. The van der Waals surface area contributed by atoms with E-state index in [9.17, 15) is 0 Å². The first-order valence-corrected chi connectivity index (χ1v) is 5.38. The van der Waals surface area contributed by atoms with Gasteiger partial charge in [-0.2, -0.15) is 0 Å². The standard InChI is InChI=1S/C9H12BrNS/c1-3-4-7(11)8-5-6(2)9(10)12-8/h3,5,7H,1,4,11H2,2H3. The lowest BCUT2D eigenvalue weighted by molar-refractivity contribution is 0.757. The molecule has 0 amide bonds. The van der Waals surface area contributed by atoms with Crippen molar-refractivity contribution >= 4 is 27.3 Å². The molecule has 0 bridgehead atoms. The zero-order chi connectivity index (χ0) is 9.14. The summed E-state index contributed by atoms with van der Waals surface area (Å²) in [7, 11) is 0. The number of aryl methyl sites for hydroxylation is 1. The average molecular weight is 246 g/mol. The van der Waals surface area contributed by atoms with Gasteiger partial charge in [-0.05, 0) is 40.9 Å². The van der Waals surface area contributed by atoms with Gasteiger partial charge >= 0.3 is 0 Å². The van der Waals surface area contributed by atoms with Gasteiger partial charge in [0.15, 0.2) is 0 Å². The van der Waals surface area contributed by atoms with Gasteiger partial charge in [-0.25, -0.2) is 0 Å². The summed E-state index contributed by atoms with van der Waals surface area (Å²) in [6, 6.07) is 2.24. The Bertz CT molecular complexity index is 261. The first kappa shape index (κ1) is 9.96. The van der Waals surface area contributed by atoms with Crippen molar-refractivity contribution < 1.29 is 0 Å². The second kappa shape index (κ2) is 4.21. The maximum Gasteiger partial charge on any atom is 0.0731 e. The maximum atomic E-state index is 5.91. The molecule has 0 radical (unpaired) electrons. The molecule has 0 saturated heterocycles. The van der Waals surface area contributed by atoms with Gasteiger partial charge in [0.1, 0.15) is 0 Å². The number of rotatable bonds is 3. The van der Waals surface area contributed by atoms with Gasteiger partial charge in [0, 0.05) is 10.9 Å². The van der Waals surface area contributed by atoms with E-state index in [2.05, 4.69) is 35.5 Å². The zero-order valence-corrected chi connectivity index (χ0v) is 9.41. The molecule has 0 saturated carbocycles. The second-order valence-electron chi connectivity index (χ2n) is 2.74. The molecule has 3 heteroatoms. The van der Waals surface area contributed by atoms with E-state index in [1.165, 1.54) is 14.2 Å². The quantitative estimate of drug-likeness (QED) is 0.813. The van der Waals surface area contributed by atoms with Gasteiger partial charge in [-0.1, -0.05) is 6.08 Å². The molecule has 0 spiro atoms. The SMILES string of the molecule is C=CCC(N)c1cc(C)c(Br)s1. The fourth-order valence-corrected chi connectivity index (χ4v) is 2.55. The predicted molar refractivity (Wildman–Crippen MR) is 58.5 cm³/mol. The number of nitrogens with two attached hydrogens (primary N) is 1. The van der Waals surface area contributed by atoms with Crippen LogP contribution in [0.1, 0.15) is 22.9 Å². The number of hydrogen-bond donors (Lipinski definition) is 1. The zero-order valence-electron chi connectivity index (χ0n) is 7.01. The van der Waals surface area contributed by atoms with Crippen molar-refractivity contribution in [2.75, 3.05) is 0 Å². The Kier molecular flexibility index (Phi) is 3.50. The van der Waals surface area contributed by atoms with Crippen LogP contribution >= 0.6 is 27.3 Å². The molecule has 66 valence electrons. The highest BCUT2D eigenvalue weighted by Crippen LogP contribution is 2.31. The number of halogens is 1. The highest BCUT2D eigenvalue weighted by Gasteiger charge is 2.08. The number of thiophene rings is 1. The molecule has 0 aliphatic carbocycles. The van der Waals surface area contributed by atoms with Crippen LogP contribution in [0.3, 0.4) is 0 Å². The van der Waals surface area contributed by atoms with E-state index in [1.54, 1.807) is 11.3 Å². The van der Waals surface area contributed by atoms with Crippen LogP contribution < -0.4 is 5.73 Å². The smallest absolute Gasteiger partial charge is 0.0731 e. The van der Waals surface area contributed by atoms with Crippen LogP contribution in [0, 0.1) is 6.92 Å². The van der Waals surface area contributed by atoms with Gasteiger partial charge < -0.3 is 5.73 Å². The minimum absolute atomic E-state index is 0.109. The summed E-state index contributed by atoms with van der Waals surface area (Å²) >= 11 is 5.18. The Hall–Kier alpha value is -0.120. The van der Waals surface area contributed by atoms with E-state index >= 15 is 0 Å². The van der Waals surface area contributed by atoms with Crippen molar-refractivity contribution in [3.63, 3.8) is 0 Å². The summed E-state index contributed by atoms with van der Waals surface area (Å²) in [5.74, 6) is 0. The van der Waals surface area contributed by atoms with Crippen molar-refractivity contribution in [1.82, 2.24) is 0 Å². The summed E-state index contributed by atoms with van der Waals surface area (Å²) in [5.41, 5.74) is 7.16. The third-order valence-electron chi connectivity index (χ3n) is 1.66. The fraction of sp³-hybridized carbons (Fsp3) is 0.333. The molecule has 1 aromatic heterocycles. The van der Waals surface area contributed by atoms with Crippen molar-refractivity contribution in [3.8, 4) is 0 Å². The molecule has 1 rings (SSSR count). The lowest BCUT2D eigenvalue weighted by Gasteiger charge is -2.03. The predicted octanol–water partition coefficient (Wildman–Crippen LogP) is 3.39. The first-order chi connectivity index (χ1) is 5.65. The highest BCUT2D eigenvalue weighted by atomic mass is 79.9. The summed E-state index contributed by atoms with van der Waals surface area (Å²) in [5, 5.41) is 0. The van der Waals surface area contributed by atoms with E-state index in [0.717, 1.165) is 6.42 Å². The summed E-state index contributed by atoms with van der Waals surface area (Å²) in [6.07, 6.45) is 2.69. The van der Waals surface area contributed by atoms with E-state index in [4.69, 9.17) is 5.73 Å². The summed E-state index contributed by atoms with van der Waals surface area (Å²) in [6.45, 7) is 5.74. The molecule has 1 atom stereocenters. The molecule has 0 fully saturated rings. The average Bonchev–Trinajstić information content (AvgIpc) is 2.33. The minimum atomic E-state index is 0.109. The Balaban J connectivity index is 2.80. The molecular weight excluding hydrogens is 234 g/mol.